The zero-order valence-electron chi connectivity index (χ0n) is 12.1. The molecular formula is C18H19ClFN. The van der Waals surface area contributed by atoms with Crippen LogP contribution in [0, 0.1) is 5.82 Å². The van der Waals surface area contributed by atoms with Crippen molar-refractivity contribution in [2.75, 3.05) is 6.54 Å². The topological polar surface area (TPSA) is 12.0 Å². The number of hydrogen-bond acceptors (Lipinski definition) is 1. The standard InChI is InChI=1S/C18H19ClFN/c1-2-21-18(16-11-15(19)8-9-17(16)20)14-7-6-12-4-3-5-13(12)10-14/h6-11,18,21H,2-5H2,1H3. The number of nitrogens with one attached hydrogen (secondary N) is 1. The summed E-state index contributed by atoms with van der Waals surface area (Å²) in [6, 6.07) is 11.1. The minimum Gasteiger partial charge on any atom is -0.306 e. The normalized spacial score (nSPS) is 15.0. The van der Waals surface area contributed by atoms with Crippen molar-refractivity contribution in [1.29, 1.82) is 0 Å². The highest BCUT2D eigenvalue weighted by Crippen LogP contribution is 2.30. The molecule has 1 aliphatic carbocycles. The van der Waals surface area contributed by atoms with E-state index in [9.17, 15) is 4.39 Å². The molecule has 2 aromatic carbocycles. The molecule has 1 unspecified atom stereocenters. The third-order valence-electron chi connectivity index (χ3n) is 4.13. The number of halogens is 2. The number of hydrogen-bond donors (Lipinski definition) is 1. The maximum absolute atomic E-state index is 14.2. The van der Waals surface area contributed by atoms with E-state index in [1.54, 1.807) is 12.1 Å². The zero-order chi connectivity index (χ0) is 14.8. The fourth-order valence-electron chi connectivity index (χ4n) is 3.12. The second-order valence-electron chi connectivity index (χ2n) is 5.54. The van der Waals surface area contributed by atoms with Crippen molar-refractivity contribution < 1.29 is 4.39 Å². The van der Waals surface area contributed by atoms with Crippen LogP contribution in [0.15, 0.2) is 36.4 Å². The van der Waals surface area contributed by atoms with Gasteiger partial charge in [0.05, 0.1) is 6.04 Å². The van der Waals surface area contributed by atoms with E-state index in [0.717, 1.165) is 24.9 Å². The Morgan fingerprint density at radius 3 is 2.76 bits per heavy atom. The predicted molar refractivity (Wildman–Crippen MR) is 85.4 cm³/mol. The Labute approximate surface area is 130 Å². The van der Waals surface area contributed by atoms with Crippen molar-refractivity contribution in [3.05, 3.63) is 69.5 Å². The Morgan fingerprint density at radius 2 is 1.95 bits per heavy atom. The first-order valence-corrected chi connectivity index (χ1v) is 7.87. The van der Waals surface area contributed by atoms with Gasteiger partial charge in [0.15, 0.2) is 0 Å². The molecule has 0 aromatic heterocycles. The van der Waals surface area contributed by atoms with Crippen LogP contribution in [0.5, 0.6) is 0 Å². The Balaban J connectivity index is 2.03. The van der Waals surface area contributed by atoms with Crippen LogP contribution < -0.4 is 5.32 Å². The fourth-order valence-corrected chi connectivity index (χ4v) is 3.30. The Morgan fingerprint density at radius 1 is 1.14 bits per heavy atom. The van der Waals surface area contributed by atoms with Crippen molar-refractivity contribution in [2.45, 2.75) is 32.2 Å². The van der Waals surface area contributed by atoms with Crippen molar-refractivity contribution in [3.8, 4) is 0 Å². The van der Waals surface area contributed by atoms with E-state index in [2.05, 4.69) is 23.5 Å². The molecule has 3 rings (SSSR count). The van der Waals surface area contributed by atoms with E-state index >= 15 is 0 Å². The molecule has 0 heterocycles. The molecule has 110 valence electrons. The summed E-state index contributed by atoms with van der Waals surface area (Å²) >= 11 is 6.05. The lowest BCUT2D eigenvalue weighted by atomic mass is 9.95. The van der Waals surface area contributed by atoms with Crippen LogP contribution in [0.3, 0.4) is 0 Å². The minimum atomic E-state index is -0.217. The molecule has 0 saturated heterocycles. The lowest BCUT2D eigenvalue weighted by molar-refractivity contribution is 0.559. The quantitative estimate of drug-likeness (QED) is 0.865. The Kier molecular flexibility index (Phi) is 4.27. The second-order valence-corrected chi connectivity index (χ2v) is 5.97. The number of fused-ring (bicyclic) bond motifs is 1. The Hall–Kier alpha value is -1.38. The van der Waals surface area contributed by atoms with Crippen LogP contribution in [0.1, 0.15) is 41.6 Å². The lowest BCUT2D eigenvalue weighted by Gasteiger charge is -2.20. The first-order chi connectivity index (χ1) is 10.2. The Bertz CT molecular complexity index is 654. The van der Waals surface area contributed by atoms with E-state index in [-0.39, 0.29) is 11.9 Å². The molecule has 1 atom stereocenters. The second kappa shape index (κ2) is 6.17. The molecule has 1 N–H and O–H groups in total. The number of aryl methyl sites for hydroxylation is 2. The van der Waals surface area contributed by atoms with E-state index < -0.39 is 0 Å². The molecule has 21 heavy (non-hydrogen) atoms. The highest BCUT2D eigenvalue weighted by molar-refractivity contribution is 6.30. The van der Waals surface area contributed by atoms with Crippen molar-refractivity contribution in [2.24, 2.45) is 0 Å². The summed E-state index contributed by atoms with van der Waals surface area (Å²) in [7, 11) is 0. The van der Waals surface area contributed by atoms with Crippen LogP contribution in [-0.4, -0.2) is 6.54 Å². The predicted octanol–water partition coefficient (Wildman–Crippen LogP) is 4.67. The first kappa shape index (κ1) is 14.6. The molecule has 0 radical (unpaired) electrons. The van der Waals surface area contributed by atoms with Crippen molar-refractivity contribution in [3.63, 3.8) is 0 Å². The highest BCUT2D eigenvalue weighted by Gasteiger charge is 2.20. The summed E-state index contributed by atoms with van der Waals surface area (Å²) in [5.41, 5.74) is 4.55. The van der Waals surface area contributed by atoms with Gasteiger partial charge in [-0.1, -0.05) is 36.7 Å². The molecule has 0 aliphatic heterocycles. The smallest absolute Gasteiger partial charge is 0.128 e. The maximum Gasteiger partial charge on any atom is 0.128 e. The minimum absolute atomic E-state index is 0.153. The summed E-state index contributed by atoms with van der Waals surface area (Å²) in [5, 5.41) is 3.94. The third kappa shape index (κ3) is 2.97. The van der Waals surface area contributed by atoms with Crippen LogP contribution in [0.25, 0.3) is 0 Å². The van der Waals surface area contributed by atoms with Gasteiger partial charge in [-0.15, -0.1) is 0 Å². The lowest BCUT2D eigenvalue weighted by Crippen LogP contribution is -2.23. The number of rotatable bonds is 4. The van der Waals surface area contributed by atoms with E-state index in [4.69, 9.17) is 11.6 Å². The summed E-state index contributed by atoms with van der Waals surface area (Å²) in [4.78, 5) is 0. The average Bonchev–Trinajstić information content (AvgIpc) is 2.95. The molecule has 1 nitrogen and oxygen atoms in total. The molecule has 0 spiro atoms. The van der Waals surface area contributed by atoms with Gasteiger partial charge in [0, 0.05) is 10.6 Å². The van der Waals surface area contributed by atoms with Gasteiger partial charge < -0.3 is 5.32 Å². The van der Waals surface area contributed by atoms with Gasteiger partial charge in [0.2, 0.25) is 0 Å². The van der Waals surface area contributed by atoms with Gasteiger partial charge in [-0.3, -0.25) is 0 Å². The van der Waals surface area contributed by atoms with E-state index in [1.807, 2.05) is 6.92 Å². The summed E-state index contributed by atoms with van der Waals surface area (Å²) in [6.07, 6.45) is 3.50. The van der Waals surface area contributed by atoms with Crippen molar-refractivity contribution in [1.82, 2.24) is 5.32 Å². The molecule has 0 amide bonds. The summed E-state index contributed by atoms with van der Waals surface area (Å²) in [6.45, 7) is 2.80. The summed E-state index contributed by atoms with van der Waals surface area (Å²) in [5.74, 6) is -0.217. The fraction of sp³-hybridized carbons (Fsp3) is 0.333. The number of benzene rings is 2. The van der Waals surface area contributed by atoms with Crippen LogP contribution in [0.2, 0.25) is 5.02 Å². The largest absolute Gasteiger partial charge is 0.306 e. The van der Waals surface area contributed by atoms with Gasteiger partial charge in [-0.2, -0.15) is 0 Å². The average molecular weight is 304 g/mol. The van der Waals surface area contributed by atoms with E-state index in [0.29, 0.717) is 10.6 Å². The molecule has 1 aliphatic rings. The molecule has 0 fully saturated rings. The van der Waals surface area contributed by atoms with Crippen LogP contribution >= 0.6 is 11.6 Å². The van der Waals surface area contributed by atoms with Gasteiger partial charge in [-0.05, 0) is 60.7 Å². The third-order valence-corrected chi connectivity index (χ3v) is 4.37. The van der Waals surface area contributed by atoms with Gasteiger partial charge in [-0.25, -0.2) is 4.39 Å². The van der Waals surface area contributed by atoms with Gasteiger partial charge in [0.25, 0.3) is 0 Å². The van der Waals surface area contributed by atoms with Gasteiger partial charge >= 0.3 is 0 Å². The molecular weight excluding hydrogens is 285 g/mol. The molecule has 0 saturated carbocycles. The monoisotopic (exact) mass is 303 g/mol. The SMILES string of the molecule is CCNC(c1ccc2c(c1)CCC2)c1cc(Cl)ccc1F. The first-order valence-electron chi connectivity index (χ1n) is 7.49. The summed E-state index contributed by atoms with van der Waals surface area (Å²) < 4.78 is 14.2. The molecule has 3 heteroatoms. The highest BCUT2D eigenvalue weighted by atomic mass is 35.5. The van der Waals surface area contributed by atoms with Crippen LogP contribution in [-0.2, 0) is 12.8 Å². The maximum atomic E-state index is 14.2. The molecule has 0 bridgehead atoms. The van der Waals surface area contributed by atoms with E-state index in [1.165, 1.54) is 23.6 Å². The van der Waals surface area contributed by atoms with Crippen molar-refractivity contribution >= 4 is 11.6 Å². The van der Waals surface area contributed by atoms with Crippen LogP contribution in [0.4, 0.5) is 4.39 Å². The molecule has 2 aromatic rings. The zero-order valence-corrected chi connectivity index (χ0v) is 12.9. The van der Waals surface area contributed by atoms with Gasteiger partial charge in [0.1, 0.15) is 5.82 Å².